The summed E-state index contributed by atoms with van der Waals surface area (Å²) in [5, 5.41) is 2.92. The standard InChI is InChI=1S/C6H7N.H2O.H3P/c1-2-4-6-7-5-3-1;;/h1-7H;1H2;1H3. The largest absolute Gasteiger partial charge is 0.412 e. The normalized spacial score (nSPS) is 12.4. The summed E-state index contributed by atoms with van der Waals surface area (Å²) < 4.78 is 0. The molecule has 1 rings (SSSR count). The van der Waals surface area contributed by atoms with Gasteiger partial charge in [0.25, 0.3) is 0 Å². The lowest BCUT2D eigenvalue weighted by atomic mass is 10.5. The lowest BCUT2D eigenvalue weighted by molar-refractivity contribution is 0.824. The summed E-state index contributed by atoms with van der Waals surface area (Å²) in [7, 11) is 0. The van der Waals surface area contributed by atoms with Crippen LogP contribution in [0.25, 0.3) is 0 Å². The Morgan fingerprint density at radius 2 is 1.22 bits per heavy atom. The zero-order valence-corrected chi connectivity index (χ0v) is 6.59. The van der Waals surface area contributed by atoms with E-state index in [1.165, 1.54) is 0 Å². The van der Waals surface area contributed by atoms with Crippen molar-refractivity contribution in [3.05, 3.63) is 36.7 Å². The Labute approximate surface area is 58.3 Å². The Morgan fingerprint density at radius 1 is 0.778 bits per heavy atom. The molecule has 1 aliphatic rings. The second kappa shape index (κ2) is 7.41. The highest BCUT2D eigenvalue weighted by Gasteiger charge is 1.67. The van der Waals surface area contributed by atoms with E-state index < -0.39 is 0 Å². The Hall–Kier alpha value is -0.590. The Kier molecular flexibility index (Phi) is 9.25. The van der Waals surface area contributed by atoms with Gasteiger partial charge >= 0.3 is 0 Å². The second-order valence-electron chi connectivity index (χ2n) is 1.27. The molecule has 0 radical (unpaired) electrons. The number of rotatable bonds is 0. The molecular weight excluding hydrogens is 133 g/mol. The van der Waals surface area contributed by atoms with Crippen LogP contribution in [-0.2, 0) is 0 Å². The first-order valence-corrected chi connectivity index (χ1v) is 2.24. The van der Waals surface area contributed by atoms with Gasteiger partial charge in [-0.3, -0.25) is 0 Å². The number of hydrogen-bond acceptors (Lipinski definition) is 1. The van der Waals surface area contributed by atoms with Crippen LogP contribution in [-0.4, -0.2) is 5.48 Å². The molecule has 1 atom stereocenters. The molecule has 0 saturated carbocycles. The van der Waals surface area contributed by atoms with E-state index in [1.807, 2.05) is 36.7 Å². The molecule has 0 bridgehead atoms. The van der Waals surface area contributed by atoms with Crippen LogP contribution in [0.4, 0.5) is 0 Å². The van der Waals surface area contributed by atoms with E-state index in [-0.39, 0.29) is 15.4 Å². The molecule has 3 heteroatoms. The van der Waals surface area contributed by atoms with Crippen LogP contribution in [0.5, 0.6) is 0 Å². The maximum absolute atomic E-state index is 2.92. The predicted octanol–water partition coefficient (Wildman–Crippen LogP) is 0.407. The number of allylic oxidation sites excluding steroid dienone is 4. The van der Waals surface area contributed by atoms with Crippen LogP contribution >= 0.6 is 9.90 Å². The first-order chi connectivity index (χ1) is 3.50. The third kappa shape index (κ3) is 5.28. The molecule has 0 aromatic carbocycles. The van der Waals surface area contributed by atoms with Gasteiger partial charge in [0.15, 0.2) is 0 Å². The highest BCUT2D eigenvalue weighted by atomic mass is 31.0. The van der Waals surface area contributed by atoms with E-state index in [0.29, 0.717) is 0 Å². The Balaban J connectivity index is 0. The topological polar surface area (TPSA) is 43.5 Å². The Morgan fingerprint density at radius 3 is 1.67 bits per heavy atom. The van der Waals surface area contributed by atoms with Gasteiger partial charge in [-0.15, -0.1) is 0 Å². The summed E-state index contributed by atoms with van der Waals surface area (Å²) in [6.07, 6.45) is 11.6. The highest BCUT2D eigenvalue weighted by Crippen LogP contribution is 1.81. The SMILES string of the molecule is C1=CC=CNC=C1.O.P. The predicted molar refractivity (Wildman–Crippen MR) is 45.3 cm³/mol. The van der Waals surface area contributed by atoms with Crippen molar-refractivity contribution in [1.82, 2.24) is 5.32 Å². The van der Waals surface area contributed by atoms with Crippen LogP contribution in [0.1, 0.15) is 0 Å². The summed E-state index contributed by atoms with van der Waals surface area (Å²) in [6, 6.07) is 0. The maximum Gasteiger partial charge on any atom is 0.000442 e. The molecule has 3 N–H and O–H groups in total. The van der Waals surface area contributed by atoms with E-state index in [9.17, 15) is 0 Å². The van der Waals surface area contributed by atoms with Gasteiger partial charge in [-0.2, -0.15) is 9.90 Å². The van der Waals surface area contributed by atoms with Crippen molar-refractivity contribution < 1.29 is 5.48 Å². The molecule has 0 amide bonds. The molecule has 0 aliphatic carbocycles. The smallest absolute Gasteiger partial charge is 0.000442 e. The minimum absolute atomic E-state index is 0. The van der Waals surface area contributed by atoms with E-state index in [0.717, 1.165) is 0 Å². The van der Waals surface area contributed by atoms with Gasteiger partial charge in [0, 0.05) is 12.4 Å². The van der Waals surface area contributed by atoms with E-state index in [1.54, 1.807) is 0 Å². The Bertz CT molecular complexity index is 115. The summed E-state index contributed by atoms with van der Waals surface area (Å²) in [4.78, 5) is 0. The summed E-state index contributed by atoms with van der Waals surface area (Å²) >= 11 is 0. The van der Waals surface area contributed by atoms with Crippen LogP contribution in [0, 0.1) is 0 Å². The van der Waals surface area contributed by atoms with Crippen molar-refractivity contribution in [1.29, 1.82) is 0 Å². The fraction of sp³-hybridized carbons (Fsp3) is 0. The molecule has 52 valence electrons. The number of hydrogen-bond donors (Lipinski definition) is 1. The van der Waals surface area contributed by atoms with E-state index in [4.69, 9.17) is 0 Å². The van der Waals surface area contributed by atoms with Crippen molar-refractivity contribution >= 4 is 9.90 Å². The summed E-state index contributed by atoms with van der Waals surface area (Å²) in [6.45, 7) is 0. The van der Waals surface area contributed by atoms with E-state index in [2.05, 4.69) is 5.32 Å². The van der Waals surface area contributed by atoms with Crippen LogP contribution in [0.2, 0.25) is 0 Å². The quantitative estimate of drug-likeness (QED) is 0.493. The van der Waals surface area contributed by atoms with Gasteiger partial charge in [-0.05, 0) is 12.2 Å². The van der Waals surface area contributed by atoms with Crippen LogP contribution in [0.3, 0.4) is 0 Å². The number of nitrogens with one attached hydrogen (secondary N) is 1. The highest BCUT2D eigenvalue weighted by molar-refractivity contribution is 6.92. The fourth-order valence-corrected chi connectivity index (χ4v) is 0.406. The molecule has 0 fully saturated rings. The molecule has 9 heavy (non-hydrogen) atoms. The van der Waals surface area contributed by atoms with Crippen LogP contribution in [0.15, 0.2) is 36.7 Å². The first kappa shape index (κ1) is 11.2. The van der Waals surface area contributed by atoms with Crippen molar-refractivity contribution in [3.63, 3.8) is 0 Å². The summed E-state index contributed by atoms with van der Waals surface area (Å²) in [5.41, 5.74) is 0. The molecule has 0 spiro atoms. The molecule has 0 aromatic rings. The van der Waals surface area contributed by atoms with Crippen LogP contribution < -0.4 is 5.32 Å². The average Bonchev–Trinajstić information content (AvgIpc) is 1.90. The molecule has 0 aromatic heterocycles. The minimum Gasteiger partial charge on any atom is -0.412 e. The van der Waals surface area contributed by atoms with Crippen molar-refractivity contribution in [2.24, 2.45) is 0 Å². The summed E-state index contributed by atoms with van der Waals surface area (Å²) in [5.74, 6) is 0. The van der Waals surface area contributed by atoms with Gasteiger partial charge in [-0.25, -0.2) is 0 Å². The lowest BCUT2D eigenvalue weighted by Crippen LogP contribution is -1.87. The van der Waals surface area contributed by atoms with Gasteiger partial charge in [0.2, 0.25) is 0 Å². The van der Waals surface area contributed by atoms with Gasteiger partial charge in [0.05, 0.1) is 0 Å². The molecule has 1 unspecified atom stereocenters. The van der Waals surface area contributed by atoms with Crippen molar-refractivity contribution in [2.45, 2.75) is 0 Å². The first-order valence-electron chi connectivity index (χ1n) is 2.24. The van der Waals surface area contributed by atoms with Crippen molar-refractivity contribution in [3.8, 4) is 0 Å². The zero-order valence-electron chi connectivity index (χ0n) is 5.17. The van der Waals surface area contributed by atoms with Gasteiger partial charge in [-0.1, -0.05) is 12.2 Å². The molecule has 1 heterocycles. The fourth-order valence-electron chi connectivity index (χ4n) is 0.406. The maximum atomic E-state index is 2.92. The third-order valence-electron chi connectivity index (χ3n) is 0.718. The van der Waals surface area contributed by atoms with E-state index >= 15 is 0 Å². The average molecular weight is 145 g/mol. The van der Waals surface area contributed by atoms with Gasteiger partial charge in [0.1, 0.15) is 0 Å². The molecular formula is C6H12NOP. The monoisotopic (exact) mass is 145 g/mol. The minimum atomic E-state index is 0. The zero-order chi connectivity index (χ0) is 4.95. The second-order valence-corrected chi connectivity index (χ2v) is 1.27. The lowest BCUT2D eigenvalue weighted by Gasteiger charge is -1.79. The molecule has 0 saturated heterocycles. The molecule has 1 aliphatic heterocycles. The van der Waals surface area contributed by atoms with Gasteiger partial charge < -0.3 is 10.8 Å². The third-order valence-corrected chi connectivity index (χ3v) is 0.718. The molecule has 2 nitrogen and oxygen atoms in total. The van der Waals surface area contributed by atoms with Crippen molar-refractivity contribution in [2.75, 3.05) is 0 Å².